The van der Waals surface area contributed by atoms with E-state index in [4.69, 9.17) is 4.74 Å². The van der Waals surface area contributed by atoms with Crippen LogP contribution < -0.4 is 0 Å². The van der Waals surface area contributed by atoms with Crippen LogP contribution in [-0.4, -0.2) is 30.5 Å². The minimum atomic E-state index is -0.167. The summed E-state index contributed by atoms with van der Waals surface area (Å²) in [5.41, 5.74) is 1.05. The molecule has 1 aromatic carbocycles. The molecule has 2 rings (SSSR count). The molecule has 19 heavy (non-hydrogen) atoms. The minimum absolute atomic E-state index is 0.00598. The van der Waals surface area contributed by atoms with E-state index >= 15 is 0 Å². The number of carbonyl (C=O) groups excluding carboxylic acids is 1. The van der Waals surface area contributed by atoms with E-state index in [1.165, 1.54) is 6.42 Å². The molecule has 2 atom stereocenters. The monoisotopic (exact) mass is 261 g/mol. The van der Waals surface area contributed by atoms with Gasteiger partial charge < -0.3 is 9.64 Å². The smallest absolute Gasteiger partial charge is 0.310 e. The lowest BCUT2D eigenvalue weighted by Gasteiger charge is -2.33. The molecule has 0 unspecified atom stereocenters. The quantitative estimate of drug-likeness (QED) is 0.737. The zero-order chi connectivity index (χ0) is 13.7. The van der Waals surface area contributed by atoms with Gasteiger partial charge in [0.2, 0.25) is 0 Å². The van der Waals surface area contributed by atoms with Crippen molar-refractivity contribution in [2.75, 3.05) is 19.6 Å². The summed E-state index contributed by atoms with van der Waals surface area (Å²) in [6.07, 6.45) is 1.93. The van der Waals surface area contributed by atoms with Gasteiger partial charge in [-0.2, -0.15) is 0 Å². The van der Waals surface area contributed by atoms with Crippen molar-refractivity contribution in [1.82, 2.24) is 4.90 Å². The summed E-state index contributed by atoms with van der Waals surface area (Å²) >= 11 is 0. The van der Waals surface area contributed by atoms with E-state index in [2.05, 4.69) is 11.8 Å². The first-order chi connectivity index (χ1) is 9.20. The average molecular weight is 261 g/mol. The Hall–Kier alpha value is -1.35. The highest BCUT2D eigenvalue weighted by Gasteiger charge is 2.25. The Balaban J connectivity index is 1.87. The molecule has 0 N–H and O–H groups in total. The molecule has 1 aliphatic heterocycles. The van der Waals surface area contributed by atoms with E-state index in [-0.39, 0.29) is 18.0 Å². The Kier molecular flexibility index (Phi) is 4.97. The Morgan fingerprint density at radius 1 is 1.32 bits per heavy atom. The molecule has 0 radical (unpaired) electrons. The molecule has 1 aliphatic rings. The van der Waals surface area contributed by atoms with Gasteiger partial charge in [-0.3, -0.25) is 4.79 Å². The zero-order valence-electron chi connectivity index (χ0n) is 11.8. The standard InChI is InChI=1S/C16H23NO2/c1-3-14(12-17-10-7-11-17)16(18)19-13(2)15-8-5-4-6-9-15/h4-6,8-9,13-14H,3,7,10-12H2,1-2H3/t13-,14+/m0/s1. The molecule has 3 nitrogen and oxygen atoms in total. The Morgan fingerprint density at radius 3 is 2.53 bits per heavy atom. The number of benzene rings is 1. The topological polar surface area (TPSA) is 29.5 Å². The van der Waals surface area contributed by atoms with Crippen molar-refractivity contribution >= 4 is 5.97 Å². The summed E-state index contributed by atoms with van der Waals surface area (Å²) in [7, 11) is 0. The van der Waals surface area contributed by atoms with Crippen LogP contribution >= 0.6 is 0 Å². The molecular weight excluding hydrogens is 238 g/mol. The summed E-state index contributed by atoms with van der Waals surface area (Å²) in [5.74, 6) is -0.0581. The second-order valence-electron chi connectivity index (χ2n) is 5.25. The van der Waals surface area contributed by atoms with Crippen molar-refractivity contribution in [1.29, 1.82) is 0 Å². The number of rotatable bonds is 6. The maximum Gasteiger partial charge on any atom is 0.310 e. The molecule has 0 aliphatic carbocycles. The van der Waals surface area contributed by atoms with Crippen LogP contribution in [0.15, 0.2) is 30.3 Å². The first-order valence-corrected chi connectivity index (χ1v) is 7.18. The SMILES string of the molecule is CC[C@H](CN1CCC1)C(=O)O[C@@H](C)c1ccccc1. The van der Waals surface area contributed by atoms with Crippen LogP contribution in [0, 0.1) is 5.92 Å². The highest BCUT2D eigenvalue weighted by Crippen LogP contribution is 2.20. The summed E-state index contributed by atoms with van der Waals surface area (Å²) in [5, 5.41) is 0. The Morgan fingerprint density at radius 2 is 2.00 bits per heavy atom. The second-order valence-corrected chi connectivity index (χ2v) is 5.25. The number of ether oxygens (including phenoxy) is 1. The van der Waals surface area contributed by atoms with Crippen LogP contribution in [0.5, 0.6) is 0 Å². The van der Waals surface area contributed by atoms with Gasteiger partial charge in [0.05, 0.1) is 5.92 Å². The van der Waals surface area contributed by atoms with Crippen molar-refractivity contribution in [3.63, 3.8) is 0 Å². The lowest BCUT2D eigenvalue weighted by molar-refractivity contribution is -0.154. The lowest BCUT2D eigenvalue weighted by atomic mass is 10.0. The van der Waals surface area contributed by atoms with E-state index in [0.717, 1.165) is 31.6 Å². The molecule has 0 amide bonds. The number of carbonyl (C=O) groups is 1. The van der Waals surface area contributed by atoms with E-state index in [0.29, 0.717) is 0 Å². The Labute approximate surface area is 115 Å². The number of hydrogen-bond acceptors (Lipinski definition) is 3. The lowest BCUT2D eigenvalue weighted by Crippen LogP contribution is -2.42. The predicted octanol–water partition coefficient (Wildman–Crippen LogP) is 3.02. The zero-order valence-corrected chi connectivity index (χ0v) is 11.8. The molecule has 1 aromatic rings. The van der Waals surface area contributed by atoms with Gasteiger partial charge in [0.15, 0.2) is 0 Å². The number of nitrogens with zero attached hydrogens (tertiary/aromatic N) is 1. The maximum absolute atomic E-state index is 12.2. The van der Waals surface area contributed by atoms with Gasteiger partial charge in [0, 0.05) is 6.54 Å². The number of esters is 1. The van der Waals surface area contributed by atoms with Gasteiger partial charge in [-0.1, -0.05) is 37.3 Å². The summed E-state index contributed by atoms with van der Waals surface area (Å²) in [6.45, 7) is 7.08. The van der Waals surface area contributed by atoms with Crippen LogP contribution in [-0.2, 0) is 9.53 Å². The highest BCUT2D eigenvalue weighted by atomic mass is 16.5. The van der Waals surface area contributed by atoms with Crippen LogP contribution in [0.25, 0.3) is 0 Å². The van der Waals surface area contributed by atoms with Crippen molar-refractivity contribution < 1.29 is 9.53 Å². The fourth-order valence-corrected chi connectivity index (χ4v) is 2.31. The summed E-state index contributed by atoms with van der Waals surface area (Å²) in [6, 6.07) is 9.90. The van der Waals surface area contributed by atoms with Gasteiger partial charge in [-0.15, -0.1) is 0 Å². The van der Waals surface area contributed by atoms with Crippen LogP contribution in [0.2, 0.25) is 0 Å². The molecule has 0 saturated carbocycles. The first kappa shape index (κ1) is 14.1. The molecule has 0 aromatic heterocycles. The van der Waals surface area contributed by atoms with Crippen LogP contribution in [0.3, 0.4) is 0 Å². The molecule has 104 valence electrons. The van der Waals surface area contributed by atoms with Crippen LogP contribution in [0.1, 0.15) is 38.4 Å². The second kappa shape index (κ2) is 6.71. The van der Waals surface area contributed by atoms with Gasteiger partial charge in [0.25, 0.3) is 0 Å². The summed E-state index contributed by atoms with van der Waals surface area (Å²) in [4.78, 5) is 14.5. The molecule has 0 bridgehead atoms. The van der Waals surface area contributed by atoms with Crippen molar-refractivity contribution in [3.05, 3.63) is 35.9 Å². The van der Waals surface area contributed by atoms with E-state index in [9.17, 15) is 4.79 Å². The van der Waals surface area contributed by atoms with E-state index < -0.39 is 0 Å². The first-order valence-electron chi connectivity index (χ1n) is 7.18. The van der Waals surface area contributed by atoms with Crippen molar-refractivity contribution in [2.45, 2.75) is 32.8 Å². The van der Waals surface area contributed by atoms with Gasteiger partial charge in [-0.25, -0.2) is 0 Å². The average Bonchev–Trinajstić information content (AvgIpc) is 2.38. The number of likely N-dealkylation sites (tertiary alicyclic amines) is 1. The fourth-order valence-electron chi connectivity index (χ4n) is 2.31. The molecule has 1 saturated heterocycles. The third-order valence-electron chi connectivity index (χ3n) is 3.82. The van der Waals surface area contributed by atoms with Crippen molar-refractivity contribution in [2.24, 2.45) is 5.92 Å². The molecule has 1 heterocycles. The van der Waals surface area contributed by atoms with Gasteiger partial charge >= 0.3 is 5.97 Å². The molecule has 0 spiro atoms. The molecule has 3 heteroatoms. The minimum Gasteiger partial charge on any atom is -0.458 e. The molecule has 1 fully saturated rings. The maximum atomic E-state index is 12.2. The Bertz CT molecular complexity index is 400. The van der Waals surface area contributed by atoms with E-state index in [1.54, 1.807) is 0 Å². The van der Waals surface area contributed by atoms with E-state index in [1.807, 2.05) is 37.3 Å². The normalized spacial score (nSPS) is 18.4. The fraction of sp³-hybridized carbons (Fsp3) is 0.562. The van der Waals surface area contributed by atoms with Gasteiger partial charge in [0.1, 0.15) is 6.10 Å². The van der Waals surface area contributed by atoms with Crippen molar-refractivity contribution in [3.8, 4) is 0 Å². The third-order valence-corrected chi connectivity index (χ3v) is 3.82. The van der Waals surface area contributed by atoms with Gasteiger partial charge in [-0.05, 0) is 38.4 Å². The molecular formula is C16H23NO2. The van der Waals surface area contributed by atoms with Crippen LogP contribution in [0.4, 0.5) is 0 Å². The third kappa shape index (κ3) is 3.80. The largest absolute Gasteiger partial charge is 0.458 e. The summed E-state index contributed by atoms with van der Waals surface area (Å²) < 4.78 is 5.59. The number of hydrogen-bond donors (Lipinski definition) is 0. The predicted molar refractivity (Wildman–Crippen MR) is 75.8 cm³/mol. The highest BCUT2D eigenvalue weighted by molar-refractivity contribution is 5.73.